The molecule has 1 aromatic carbocycles. The summed E-state index contributed by atoms with van der Waals surface area (Å²) in [5.74, 6) is -0.756. The summed E-state index contributed by atoms with van der Waals surface area (Å²) < 4.78 is 0. The van der Waals surface area contributed by atoms with Crippen LogP contribution in [0.1, 0.15) is 25.0 Å². The summed E-state index contributed by atoms with van der Waals surface area (Å²) in [7, 11) is 0. The maximum Gasteiger partial charge on any atom is 0.326 e. The van der Waals surface area contributed by atoms with E-state index >= 15 is 0 Å². The number of hydrogen-bond donors (Lipinski definition) is 2. The molecule has 16 heavy (non-hydrogen) atoms. The van der Waals surface area contributed by atoms with E-state index in [9.17, 15) is 4.79 Å². The number of rotatable bonds is 4. The van der Waals surface area contributed by atoms with Crippen LogP contribution >= 0.6 is 0 Å². The minimum atomic E-state index is -0.809. The zero-order valence-electron chi connectivity index (χ0n) is 10.2. The summed E-state index contributed by atoms with van der Waals surface area (Å²) >= 11 is 0. The number of aryl methyl sites for hydroxylation is 1. The molecule has 0 fully saturated rings. The van der Waals surface area contributed by atoms with Crippen molar-refractivity contribution in [1.82, 2.24) is 0 Å². The number of anilines is 1. The molecule has 3 heteroatoms. The van der Waals surface area contributed by atoms with Gasteiger partial charge >= 0.3 is 5.97 Å². The largest absolute Gasteiger partial charge is 0.480 e. The molecular weight excluding hydrogens is 202 g/mol. The Bertz CT molecular complexity index is 386. The first-order chi connectivity index (χ1) is 7.43. The van der Waals surface area contributed by atoms with Crippen molar-refractivity contribution in [3.63, 3.8) is 0 Å². The standard InChI is InChI=1S/C13H19NO2/c1-8(2)12(13(15)16)14-11-7-5-6-9(3)10(11)4/h5-8,12,14H,1-4H3,(H,15,16). The molecule has 0 bridgehead atoms. The molecule has 3 nitrogen and oxygen atoms in total. The molecule has 0 aliphatic heterocycles. The smallest absolute Gasteiger partial charge is 0.326 e. The number of benzene rings is 1. The second-order valence-corrected chi connectivity index (χ2v) is 4.45. The molecule has 0 saturated heterocycles. The van der Waals surface area contributed by atoms with Crippen molar-refractivity contribution in [2.45, 2.75) is 33.7 Å². The van der Waals surface area contributed by atoms with Gasteiger partial charge in [0, 0.05) is 5.69 Å². The molecule has 0 aromatic heterocycles. The highest BCUT2D eigenvalue weighted by Crippen LogP contribution is 2.20. The van der Waals surface area contributed by atoms with E-state index in [0.29, 0.717) is 0 Å². The SMILES string of the molecule is Cc1cccc(NC(C(=O)O)C(C)C)c1C. The van der Waals surface area contributed by atoms with Gasteiger partial charge in [0.2, 0.25) is 0 Å². The monoisotopic (exact) mass is 221 g/mol. The van der Waals surface area contributed by atoms with Gasteiger partial charge in [0.25, 0.3) is 0 Å². The second-order valence-electron chi connectivity index (χ2n) is 4.45. The van der Waals surface area contributed by atoms with Gasteiger partial charge in [-0.1, -0.05) is 26.0 Å². The van der Waals surface area contributed by atoms with Gasteiger partial charge in [-0.2, -0.15) is 0 Å². The zero-order chi connectivity index (χ0) is 12.3. The quantitative estimate of drug-likeness (QED) is 0.822. The molecule has 1 rings (SSSR count). The normalized spacial score (nSPS) is 12.6. The number of carboxylic acid groups (broad SMARTS) is 1. The Labute approximate surface area is 96.5 Å². The van der Waals surface area contributed by atoms with E-state index in [2.05, 4.69) is 5.32 Å². The van der Waals surface area contributed by atoms with Crippen molar-refractivity contribution in [1.29, 1.82) is 0 Å². The van der Waals surface area contributed by atoms with Crippen LogP contribution in [0.3, 0.4) is 0 Å². The third-order valence-electron chi connectivity index (χ3n) is 2.85. The topological polar surface area (TPSA) is 49.3 Å². The molecule has 0 spiro atoms. The fourth-order valence-electron chi connectivity index (χ4n) is 1.59. The molecule has 0 amide bonds. The van der Waals surface area contributed by atoms with E-state index in [1.807, 2.05) is 45.9 Å². The first-order valence-electron chi connectivity index (χ1n) is 5.49. The third kappa shape index (κ3) is 2.75. The average Bonchev–Trinajstić information content (AvgIpc) is 2.19. The highest BCUT2D eigenvalue weighted by molar-refractivity contribution is 5.78. The van der Waals surface area contributed by atoms with Gasteiger partial charge in [-0.15, -0.1) is 0 Å². The molecule has 1 unspecified atom stereocenters. The van der Waals surface area contributed by atoms with Crippen LogP contribution in [0.5, 0.6) is 0 Å². The van der Waals surface area contributed by atoms with Gasteiger partial charge in [-0.25, -0.2) is 4.79 Å². The van der Waals surface area contributed by atoms with Crippen molar-refractivity contribution >= 4 is 11.7 Å². The Balaban J connectivity index is 2.94. The average molecular weight is 221 g/mol. The van der Waals surface area contributed by atoms with Crippen LogP contribution in [0.4, 0.5) is 5.69 Å². The second kappa shape index (κ2) is 5.01. The molecule has 88 valence electrons. The molecule has 1 atom stereocenters. The Morgan fingerprint density at radius 3 is 2.44 bits per heavy atom. The van der Waals surface area contributed by atoms with Crippen molar-refractivity contribution in [2.75, 3.05) is 5.32 Å². The zero-order valence-corrected chi connectivity index (χ0v) is 10.2. The van der Waals surface area contributed by atoms with Crippen LogP contribution < -0.4 is 5.32 Å². The fraction of sp³-hybridized carbons (Fsp3) is 0.462. The van der Waals surface area contributed by atoms with Crippen molar-refractivity contribution in [3.8, 4) is 0 Å². The molecule has 0 heterocycles. The predicted octanol–water partition coefficient (Wildman–Crippen LogP) is 2.82. The first-order valence-corrected chi connectivity index (χ1v) is 5.49. The van der Waals surface area contributed by atoms with E-state index < -0.39 is 12.0 Å². The molecule has 2 N–H and O–H groups in total. The van der Waals surface area contributed by atoms with Gasteiger partial charge in [0.05, 0.1) is 0 Å². The van der Waals surface area contributed by atoms with E-state index in [1.54, 1.807) is 0 Å². The van der Waals surface area contributed by atoms with Gasteiger partial charge in [-0.3, -0.25) is 0 Å². The van der Waals surface area contributed by atoms with Crippen LogP contribution in [-0.2, 0) is 4.79 Å². The lowest BCUT2D eigenvalue weighted by atomic mass is 10.0. The van der Waals surface area contributed by atoms with Crippen molar-refractivity contribution in [3.05, 3.63) is 29.3 Å². The van der Waals surface area contributed by atoms with Crippen LogP contribution in [0.2, 0.25) is 0 Å². The van der Waals surface area contributed by atoms with Gasteiger partial charge in [-0.05, 0) is 37.0 Å². The van der Waals surface area contributed by atoms with Gasteiger partial charge in [0.15, 0.2) is 0 Å². The molecular formula is C13H19NO2. The summed E-state index contributed by atoms with van der Waals surface area (Å²) in [6.45, 7) is 7.82. The summed E-state index contributed by atoms with van der Waals surface area (Å²) in [5, 5.41) is 12.2. The van der Waals surface area contributed by atoms with Crippen LogP contribution in [-0.4, -0.2) is 17.1 Å². The van der Waals surface area contributed by atoms with Crippen molar-refractivity contribution in [2.24, 2.45) is 5.92 Å². The highest BCUT2D eigenvalue weighted by Gasteiger charge is 2.21. The fourth-order valence-corrected chi connectivity index (χ4v) is 1.59. The number of hydrogen-bond acceptors (Lipinski definition) is 2. The summed E-state index contributed by atoms with van der Waals surface area (Å²) in [6.07, 6.45) is 0. The van der Waals surface area contributed by atoms with E-state index in [1.165, 1.54) is 0 Å². The lowest BCUT2D eigenvalue weighted by Gasteiger charge is -2.21. The van der Waals surface area contributed by atoms with Crippen molar-refractivity contribution < 1.29 is 9.90 Å². The first kappa shape index (κ1) is 12.6. The molecule has 1 aromatic rings. The van der Waals surface area contributed by atoms with Gasteiger partial charge < -0.3 is 10.4 Å². The Morgan fingerprint density at radius 1 is 1.31 bits per heavy atom. The summed E-state index contributed by atoms with van der Waals surface area (Å²) in [5.41, 5.74) is 3.17. The van der Waals surface area contributed by atoms with Gasteiger partial charge in [0.1, 0.15) is 6.04 Å². The Hall–Kier alpha value is -1.51. The number of nitrogens with one attached hydrogen (secondary N) is 1. The predicted molar refractivity (Wildman–Crippen MR) is 65.8 cm³/mol. The Kier molecular flexibility index (Phi) is 3.93. The van der Waals surface area contributed by atoms with Crippen LogP contribution in [0.25, 0.3) is 0 Å². The third-order valence-corrected chi connectivity index (χ3v) is 2.85. The lowest BCUT2D eigenvalue weighted by Crippen LogP contribution is -2.34. The summed E-state index contributed by atoms with van der Waals surface area (Å²) in [6, 6.07) is 5.33. The Morgan fingerprint density at radius 2 is 1.94 bits per heavy atom. The highest BCUT2D eigenvalue weighted by atomic mass is 16.4. The lowest BCUT2D eigenvalue weighted by molar-refractivity contribution is -0.138. The van der Waals surface area contributed by atoms with E-state index in [-0.39, 0.29) is 5.92 Å². The molecule has 0 aliphatic carbocycles. The maximum absolute atomic E-state index is 11.1. The molecule has 0 aliphatic rings. The minimum absolute atomic E-state index is 0.0532. The number of aliphatic carboxylic acids is 1. The van der Waals surface area contributed by atoms with Crippen LogP contribution in [0.15, 0.2) is 18.2 Å². The van der Waals surface area contributed by atoms with E-state index in [0.717, 1.165) is 16.8 Å². The van der Waals surface area contributed by atoms with Crippen LogP contribution in [0, 0.1) is 19.8 Å². The molecule has 0 saturated carbocycles. The molecule has 0 radical (unpaired) electrons. The maximum atomic E-state index is 11.1. The van der Waals surface area contributed by atoms with E-state index in [4.69, 9.17) is 5.11 Å². The minimum Gasteiger partial charge on any atom is -0.480 e. The number of carbonyl (C=O) groups is 1. The summed E-state index contributed by atoms with van der Waals surface area (Å²) in [4.78, 5) is 11.1. The number of carboxylic acids is 1.